The lowest BCUT2D eigenvalue weighted by Gasteiger charge is -2.22. The van der Waals surface area contributed by atoms with Crippen molar-refractivity contribution in [3.63, 3.8) is 0 Å². The molecule has 0 saturated heterocycles. The van der Waals surface area contributed by atoms with Gasteiger partial charge in [0, 0.05) is 38.1 Å². The quantitative estimate of drug-likeness (QED) is 0.885. The molecule has 0 atom stereocenters. The van der Waals surface area contributed by atoms with Crippen LogP contribution in [0.4, 0.5) is 14.6 Å². The number of rotatable bonds is 5. The molecular formula is C17H17F2N5O2. The molecular weight excluding hydrogens is 344 g/mol. The number of carbonyl (C=O) groups excluding carboxylic acids is 1. The van der Waals surface area contributed by atoms with Crippen molar-refractivity contribution in [3.8, 4) is 17.0 Å². The summed E-state index contributed by atoms with van der Waals surface area (Å²) in [5.74, 6) is 0.224. The molecule has 2 aliphatic rings. The van der Waals surface area contributed by atoms with Gasteiger partial charge in [0.2, 0.25) is 5.88 Å². The van der Waals surface area contributed by atoms with Gasteiger partial charge >= 0.3 is 6.61 Å². The number of carbonyl (C=O) groups is 1. The van der Waals surface area contributed by atoms with E-state index in [9.17, 15) is 13.6 Å². The standard InChI is InChI=1S/C17H17F2N5O2/c1-23-7-2-8-24-16(23)13(14(22-24)15(25)21-11-3-4-11)10-5-6-20-12(9-10)26-17(18)19/h2,5-6,8-9,11,17H,3-4,7H2,1H3,(H,21,25). The summed E-state index contributed by atoms with van der Waals surface area (Å²) in [6.07, 6.45) is 6.99. The minimum absolute atomic E-state index is 0.178. The van der Waals surface area contributed by atoms with E-state index in [1.54, 1.807) is 16.9 Å². The number of ether oxygens (including phenoxy) is 1. The smallest absolute Gasteiger partial charge is 0.388 e. The normalized spacial score (nSPS) is 15.9. The fourth-order valence-electron chi connectivity index (χ4n) is 2.91. The van der Waals surface area contributed by atoms with E-state index in [-0.39, 0.29) is 23.5 Å². The molecule has 26 heavy (non-hydrogen) atoms. The Labute approximate surface area is 148 Å². The van der Waals surface area contributed by atoms with Gasteiger partial charge in [-0.15, -0.1) is 0 Å². The molecule has 1 saturated carbocycles. The number of amides is 1. The summed E-state index contributed by atoms with van der Waals surface area (Å²) in [6.45, 7) is -2.32. The van der Waals surface area contributed by atoms with Crippen LogP contribution in [0.5, 0.6) is 5.88 Å². The Balaban J connectivity index is 1.81. The predicted molar refractivity (Wildman–Crippen MR) is 91.2 cm³/mol. The van der Waals surface area contributed by atoms with Crippen molar-refractivity contribution in [3.05, 3.63) is 30.1 Å². The first-order valence-electron chi connectivity index (χ1n) is 8.25. The number of likely N-dealkylation sites (N-methyl/N-ethyl adjacent to an activating group) is 1. The molecule has 136 valence electrons. The van der Waals surface area contributed by atoms with Gasteiger partial charge in [0.05, 0.1) is 5.56 Å². The van der Waals surface area contributed by atoms with Crippen LogP contribution >= 0.6 is 0 Å². The van der Waals surface area contributed by atoms with Gasteiger partial charge in [-0.05, 0) is 30.5 Å². The molecule has 9 heteroatoms. The lowest BCUT2D eigenvalue weighted by Crippen LogP contribution is -2.26. The monoisotopic (exact) mass is 361 g/mol. The second-order valence-corrected chi connectivity index (χ2v) is 6.27. The van der Waals surface area contributed by atoms with E-state index in [4.69, 9.17) is 0 Å². The molecule has 0 bridgehead atoms. The maximum absolute atomic E-state index is 12.7. The Morgan fingerprint density at radius 2 is 2.23 bits per heavy atom. The van der Waals surface area contributed by atoms with Crippen LogP contribution in [0.1, 0.15) is 23.3 Å². The summed E-state index contributed by atoms with van der Waals surface area (Å²) in [4.78, 5) is 18.4. The minimum Gasteiger partial charge on any atom is -0.417 e. The summed E-state index contributed by atoms with van der Waals surface area (Å²) >= 11 is 0. The number of nitrogens with one attached hydrogen (secondary N) is 1. The number of nitrogens with zero attached hydrogens (tertiary/aromatic N) is 4. The molecule has 0 aromatic carbocycles. The van der Waals surface area contributed by atoms with Gasteiger partial charge in [-0.2, -0.15) is 13.9 Å². The van der Waals surface area contributed by atoms with E-state index in [1.807, 2.05) is 18.0 Å². The van der Waals surface area contributed by atoms with E-state index in [0.29, 0.717) is 23.5 Å². The van der Waals surface area contributed by atoms with Crippen LogP contribution in [-0.2, 0) is 0 Å². The van der Waals surface area contributed by atoms with Crippen molar-refractivity contribution < 1.29 is 18.3 Å². The number of pyridine rings is 1. The highest BCUT2D eigenvalue weighted by molar-refractivity contribution is 6.03. The zero-order chi connectivity index (χ0) is 18.3. The molecule has 1 aliphatic carbocycles. The average Bonchev–Trinajstić information content (AvgIpc) is 3.31. The second kappa shape index (κ2) is 6.40. The maximum atomic E-state index is 12.7. The summed E-state index contributed by atoms with van der Waals surface area (Å²) in [5, 5.41) is 7.34. The van der Waals surface area contributed by atoms with Crippen molar-refractivity contribution in [1.82, 2.24) is 20.1 Å². The zero-order valence-electron chi connectivity index (χ0n) is 14.0. The highest BCUT2D eigenvalue weighted by atomic mass is 19.3. The van der Waals surface area contributed by atoms with Crippen molar-refractivity contribution in [2.24, 2.45) is 0 Å². The van der Waals surface area contributed by atoms with Gasteiger partial charge < -0.3 is 15.0 Å². The van der Waals surface area contributed by atoms with E-state index in [0.717, 1.165) is 12.8 Å². The maximum Gasteiger partial charge on any atom is 0.388 e. The molecule has 7 nitrogen and oxygen atoms in total. The van der Waals surface area contributed by atoms with Crippen molar-refractivity contribution in [1.29, 1.82) is 0 Å². The number of aromatic nitrogens is 3. The molecule has 2 aromatic rings. The highest BCUT2D eigenvalue weighted by Crippen LogP contribution is 2.37. The summed E-state index contributed by atoms with van der Waals surface area (Å²) < 4.78 is 31.1. The first-order chi connectivity index (χ1) is 12.5. The fraction of sp³-hybridized carbons (Fsp3) is 0.353. The minimum atomic E-state index is -2.97. The SMILES string of the molecule is CN1CC=Cn2nc(C(=O)NC3CC3)c(-c3ccnc(OC(F)F)c3)c21. The molecule has 0 unspecified atom stereocenters. The van der Waals surface area contributed by atoms with Crippen LogP contribution in [0.25, 0.3) is 17.3 Å². The Bertz CT molecular complexity index is 876. The molecule has 1 N–H and O–H groups in total. The molecule has 4 rings (SSSR count). The lowest BCUT2D eigenvalue weighted by atomic mass is 10.1. The Morgan fingerprint density at radius 3 is 2.96 bits per heavy atom. The Morgan fingerprint density at radius 1 is 1.42 bits per heavy atom. The third kappa shape index (κ3) is 3.12. The molecule has 0 radical (unpaired) electrons. The van der Waals surface area contributed by atoms with Crippen LogP contribution < -0.4 is 15.0 Å². The molecule has 1 fully saturated rings. The zero-order valence-corrected chi connectivity index (χ0v) is 14.0. The number of hydrogen-bond donors (Lipinski definition) is 1. The van der Waals surface area contributed by atoms with E-state index in [1.165, 1.54) is 12.3 Å². The van der Waals surface area contributed by atoms with E-state index < -0.39 is 6.61 Å². The largest absolute Gasteiger partial charge is 0.417 e. The van der Waals surface area contributed by atoms with Crippen molar-refractivity contribution in [2.75, 3.05) is 18.5 Å². The molecule has 3 heterocycles. The Hall–Kier alpha value is -2.97. The predicted octanol–water partition coefficient (Wildman–Crippen LogP) is 2.36. The summed E-state index contributed by atoms with van der Waals surface area (Å²) in [7, 11) is 1.88. The fourth-order valence-corrected chi connectivity index (χ4v) is 2.91. The van der Waals surface area contributed by atoms with Crippen LogP contribution in [0.15, 0.2) is 24.4 Å². The summed E-state index contributed by atoms with van der Waals surface area (Å²) in [5.41, 5.74) is 1.36. The van der Waals surface area contributed by atoms with Crippen LogP contribution in [0, 0.1) is 0 Å². The van der Waals surface area contributed by atoms with Gasteiger partial charge in [-0.25, -0.2) is 9.67 Å². The van der Waals surface area contributed by atoms with Crippen molar-refractivity contribution >= 4 is 17.9 Å². The number of fused-ring (bicyclic) bond motifs is 1. The average molecular weight is 361 g/mol. The number of anilines is 1. The van der Waals surface area contributed by atoms with Gasteiger partial charge in [-0.1, -0.05) is 0 Å². The van der Waals surface area contributed by atoms with Crippen LogP contribution in [0.3, 0.4) is 0 Å². The summed E-state index contributed by atoms with van der Waals surface area (Å²) in [6, 6.07) is 3.22. The van der Waals surface area contributed by atoms with Crippen molar-refractivity contribution in [2.45, 2.75) is 25.5 Å². The first-order valence-corrected chi connectivity index (χ1v) is 8.25. The third-order valence-electron chi connectivity index (χ3n) is 4.23. The van der Waals surface area contributed by atoms with E-state index in [2.05, 4.69) is 20.1 Å². The van der Waals surface area contributed by atoms with Gasteiger partial charge in [0.1, 0.15) is 5.82 Å². The number of alkyl halides is 2. The van der Waals surface area contributed by atoms with Gasteiger partial charge in [-0.3, -0.25) is 4.79 Å². The molecule has 0 spiro atoms. The first kappa shape index (κ1) is 16.5. The van der Waals surface area contributed by atoms with Crippen LogP contribution in [-0.4, -0.2) is 46.9 Å². The second-order valence-electron chi connectivity index (χ2n) is 6.27. The third-order valence-corrected chi connectivity index (χ3v) is 4.23. The molecule has 2 aromatic heterocycles. The highest BCUT2D eigenvalue weighted by Gasteiger charge is 2.31. The Kier molecular flexibility index (Phi) is 4.06. The molecule has 1 amide bonds. The lowest BCUT2D eigenvalue weighted by molar-refractivity contribution is -0.0528. The number of hydrogen-bond acceptors (Lipinski definition) is 5. The number of halogens is 2. The molecule has 1 aliphatic heterocycles. The van der Waals surface area contributed by atoms with Gasteiger partial charge in [0.15, 0.2) is 5.69 Å². The topological polar surface area (TPSA) is 72.3 Å². The van der Waals surface area contributed by atoms with E-state index >= 15 is 0 Å². The van der Waals surface area contributed by atoms with Gasteiger partial charge in [0.25, 0.3) is 5.91 Å². The van der Waals surface area contributed by atoms with Crippen LogP contribution in [0.2, 0.25) is 0 Å².